The molecule has 6 heteroatoms. The molecule has 1 saturated carbocycles. The zero-order valence-corrected chi connectivity index (χ0v) is 13.0. The van der Waals surface area contributed by atoms with Crippen LogP contribution in [0, 0.1) is 16.0 Å². The minimum atomic E-state index is -0.629. The summed E-state index contributed by atoms with van der Waals surface area (Å²) in [6.07, 6.45) is 3.89. The van der Waals surface area contributed by atoms with E-state index < -0.39 is 11.0 Å². The Hall–Kier alpha value is -2.11. The number of nitrogens with one attached hydrogen (secondary N) is 1. The second-order valence-corrected chi connectivity index (χ2v) is 5.89. The van der Waals surface area contributed by atoms with E-state index in [-0.39, 0.29) is 17.6 Å². The van der Waals surface area contributed by atoms with Crippen LogP contribution in [-0.2, 0) is 4.79 Å². The van der Waals surface area contributed by atoms with Crippen molar-refractivity contribution >= 4 is 11.6 Å². The van der Waals surface area contributed by atoms with E-state index in [1.807, 2.05) is 0 Å². The van der Waals surface area contributed by atoms with Gasteiger partial charge >= 0.3 is 0 Å². The summed E-state index contributed by atoms with van der Waals surface area (Å²) in [5, 5.41) is 13.6. The molecule has 1 aliphatic carbocycles. The normalized spacial score (nSPS) is 22.6. The number of hydrogen-bond acceptors (Lipinski definition) is 4. The maximum Gasteiger partial charge on any atom is 0.269 e. The van der Waals surface area contributed by atoms with Crippen molar-refractivity contribution in [3.8, 4) is 5.75 Å². The number of nitro benzene ring substituents is 1. The molecule has 0 saturated heterocycles. The molecule has 0 bridgehead atoms. The van der Waals surface area contributed by atoms with Crippen LogP contribution in [0.25, 0.3) is 0 Å². The van der Waals surface area contributed by atoms with Crippen molar-refractivity contribution in [1.82, 2.24) is 5.32 Å². The molecule has 0 heterocycles. The van der Waals surface area contributed by atoms with Gasteiger partial charge in [-0.2, -0.15) is 0 Å². The van der Waals surface area contributed by atoms with Crippen molar-refractivity contribution in [2.24, 2.45) is 5.92 Å². The number of benzene rings is 1. The van der Waals surface area contributed by atoms with Crippen LogP contribution in [0.2, 0.25) is 0 Å². The fraction of sp³-hybridized carbons (Fsp3) is 0.562. The van der Waals surface area contributed by atoms with E-state index in [0.29, 0.717) is 11.7 Å². The van der Waals surface area contributed by atoms with Gasteiger partial charge in [0.1, 0.15) is 5.75 Å². The molecule has 1 fully saturated rings. The van der Waals surface area contributed by atoms with E-state index in [2.05, 4.69) is 12.2 Å². The van der Waals surface area contributed by atoms with E-state index in [1.54, 1.807) is 6.92 Å². The molecule has 1 N–H and O–H groups in total. The lowest BCUT2D eigenvalue weighted by atomic mass is 9.86. The predicted molar refractivity (Wildman–Crippen MR) is 82.7 cm³/mol. The Morgan fingerprint density at radius 1 is 1.32 bits per heavy atom. The average Bonchev–Trinajstić information content (AvgIpc) is 2.50. The second-order valence-electron chi connectivity index (χ2n) is 5.89. The third kappa shape index (κ3) is 4.19. The highest BCUT2D eigenvalue weighted by Gasteiger charge is 2.25. The number of nitro groups is 1. The number of ether oxygens (including phenoxy) is 1. The van der Waals surface area contributed by atoms with Crippen LogP contribution in [0.15, 0.2) is 24.3 Å². The number of amides is 1. The van der Waals surface area contributed by atoms with E-state index in [1.165, 1.54) is 30.7 Å². The lowest BCUT2D eigenvalue weighted by Crippen LogP contribution is -2.46. The first-order valence-electron chi connectivity index (χ1n) is 7.69. The first-order valence-corrected chi connectivity index (χ1v) is 7.69. The smallest absolute Gasteiger partial charge is 0.269 e. The number of rotatable bonds is 5. The van der Waals surface area contributed by atoms with E-state index in [4.69, 9.17) is 4.74 Å². The number of non-ortho nitro benzene ring substituents is 1. The van der Waals surface area contributed by atoms with Gasteiger partial charge in [0.2, 0.25) is 0 Å². The van der Waals surface area contributed by atoms with Crippen molar-refractivity contribution in [3.05, 3.63) is 34.4 Å². The molecule has 1 aromatic carbocycles. The van der Waals surface area contributed by atoms with Crippen LogP contribution in [0.1, 0.15) is 39.5 Å². The van der Waals surface area contributed by atoms with Crippen molar-refractivity contribution in [1.29, 1.82) is 0 Å². The van der Waals surface area contributed by atoms with Crippen LogP contribution in [0.3, 0.4) is 0 Å². The highest BCUT2D eigenvalue weighted by molar-refractivity contribution is 5.81. The summed E-state index contributed by atoms with van der Waals surface area (Å²) in [7, 11) is 0. The molecule has 0 radical (unpaired) electrons. The lowest BCUT2D eigenvalue weighted by Gasteiger charge is -2.30. The summed E-state index contributed by atoms with van der Waals surface area (Å²) in [5.41, 5.74) is 0.000449. The molecular weight excluding hydrogens is 284 g/mol. The predicted octanol–water partition coefficient (Wildman–Crippen LogP) is 3.06. The largest absolute Gasteiger partial charge is 0.481 e. The van der Waals surface area contributed by atoms with Gasteiger partial charge in [-0.15, -0.1) is 0 Å². The Kier molecular flexibility index (Phi) is 5.35. The number of carbonyl (C=O) groups excluding carboxylic acids is 1. The van der Waals surface area contributed by atoms with Gasteiger partial charge in [-0.3, -0.25) is 14.9 Å². The summed E-state index contributed by atoms with van der Waals surface area (Å²) in [4.78, 5) is 22.3. The molecule has 6 nitrogen and oxygen atoms in total. The van der Waals surface area contributed by atoms with E-state index >= 15 is 0 Å². The van der Waals surface area contributed by atoms with E-state index in [9.17, 15) is 14.9 Å². The summed E-state index contributed by atoms with van der Waals surface area (Å²) in [6, 6.07) is 5.95. The Morgan fingerprint density at radius 3 is 2.55 bits per heavy atom. The fourth-order valence-electron chi connectivity index (χ4n) is 2.73. The van der Waals surface area contributed by atoms with Crippen LogP contribution in [0.4, 0.5) is 5.69 Å². The summed E-state index contributed by atoms with van der Waals surface area (Å²) >= 11 is 0. The number of carbonyl (C=O) groups is 1. The Bertz CT molecular complexity index is 529. The minimum absolute atomic E-state index is 0.000449. The third-order valence-corrected chi connectivity index (χ3v) is 4.17. The summed E-state index contributed by atoms with van der Waals surface area (Å²) in [5.74, 6) is 0.798. The first kappa shape index (κ1) is 16.3. The quantitative estimate of drug-likeness (QED) is 0.669. The first-order chi connectivity index (χ1) is 10.5. The zero-order valence-electron chi connectivity index (χ0n) is 13.0. The zero-order chi connectivity index (χ0) is 16.1. The van der Waals surface area contributed by atoms with Crippen LogP contribution in [-0.4, -0.2) is 23.0 Å². The maximum absolute atomic E-state index is 12.2. The standard InChI is InChI=1S/C16H22N2O4/c1-11-5-3-4-6-15(11)17-16(19)12(2)22-14-9-7-13(8-10-14)18(20)21/h7-12,15H,3-6H2,1-2H3,(H,17,19)/t11-,12+,15+/m0/s1. The molecule has 1 aliphatic rings. The minimum Gasteiger partial charge on any atom is -0.481 e. The van der Waals surface area contributed by atoms with Crippen molar-refractivity contribution in [3.63, 3.8) is 0 Å². The van der Waals surface area contributed by atoms with Gasteiger partial charge in [-0.05, 0) is 37.8 Å². The van der Waals surface area contributed by atoms with Gasteiger partial charge in [0, 0.05) is 18.2 Å². The van der Waals surface area contributed by atoms with Crippen LogP contribution in [0.5, 0.6) is 5.75 Å². The van der Waals surface area contributed by atoms with Gasteiger partial charge in [-0.1, -0.05) is 19.8 Å². The van der Waals surface area contributed by atoms with Crippen molar-refractivity contribution in [2.45, 2.75) is 51.7 Å². The molecule has 3 atom stereocenters. The molecule has 120 valence electrons. The van der Waals surface area contributed by atoms with Gasteiger partial charge in [0.25, 0.3) is 11.6 Å². The van der Waals surface area contributed by atoms with Crippen LogP contribution >= 0.6 is 0 Å². The molecule has 2 rings (SSSR count). The topological polar surface area (TPSA) is 81.5 Å². The molecule has 0 aromatic heterocycles. The van der Waals surface area contributed by atoms with Gasteiger partial charge in [0.15, 0.2) is 6.10 Å². The lowest BCUT2D eigenvalue weighted by molar-refractivity contribution is -0.384. The van der Waals surface area contributed by atoms with Crippen molar-refractivity contribution in [2.75, 3.05) is 0 Å². The molecule has 1 aromatic rings. The maximum atomic E-state index is 12.2. The van der Waals surface area contributed by atoms with Crippen LogP contribution < -0.4 is 10.1 Å². The Labute approximate surface area is 130 Å². The second kappa shape index (κ2) is 7.24. The summed E-state index contributed by atoms with van der Waals surface area (Å²) < 4.78 is 5.55. The Morgan fingerprint density at radius 2 is 1.95 bits per heavy atom. The van der Waals surface area contributed by atoms with Gasteiger partial charge < -0.3 is 10.1 Å². The average molecular weight is 306 g/mol. The molecule has 0 unspecified atom stereocenters. The third-order valence-electron chi connectivity index (χ3n) is 4.17. The number of hydrogen-bond donors (Lipinski definition) is 1. The molecule has 22 heavy (non-hydrogen) atoms. The summed E-state index contributed by atoms with van der Waals surface area (Å²) in [6.45, 7) is 3.84. The highest BCUT2D eigenvalue weighted by Crippen LogP contribution is 2.24. The SMILES string of the molecule is C[C@@H](Oc1ccc([N+](=O)[O-])cc1)C(=O)N[C@@H]1CCCC[C@@H]1C. The molecular formula is C16H22N2O4. The molecule has 0 spiro atoms. The van der Waals surface area contributed by atoms with Gasteiger partial charge in [-0.25, -0.2) is 0 Å². The Balaban J connectivity index is 1.89. The van der Waals surface area contributed by atoms with Gasteiger partial charge in [0.05, 0.1) is 4.92 Å². The fourth-order valence-corrected chi connectivity index (χ4v) is 2.73. The number of nitrogens with zero attached hydrogens (tertiary/aromatic N) is 1. The monoisotopic (exact) mass is 306 g/mol. The molecule has 0 aliphatic heterocycles. The van der Waals surface area contributed by atoms with Crippen molar-refractivity contribution < 1.29 is 14.5 Å². The molecule has 1 amide bonds. The highest BCUT2D eigenvalue weighted by atomic mass is 16.6. The van der Waals surface area contributed by atoms with E-state index in [0.717, 1.165) is 19.3 Å².